The van der Waals surface area contributed by atoms with E-state index in [4.69, 9.17) is 34.8 Å². The summed E-state index contributed by atoms with van der Waals surface area (Å²) in [5.74, 6) is -0.767. The summed E-state index contributed by atoms with van der Waals surface area (Å²) in [6.07, 6.45) is 0.0731. The van der Waals surface area contributed by atoms with Crippen LogP contribution >= 0.6 is 34.8 Å². The van der Waals surface area contributed by atoms with Gasteiger partial charge in [-0.25, -0.2) is 4.39 Å². The zero-order valence-corrected chi connectivity index (χ0v) is 12.4. The van der Waals surface area contributed by atoms with Crippen LogP contribution in [0.25, 0.3) is 0 Å². The van der Waals surface area contributed by atoms with Gasteiger partial charge in [0.2, 0.25) is 5.91 Å². The summed E-state index contributed by atoms with van der Waals surface area (Å²) in [5, 5.41) is 3.65. The van der Waals surface area contributed by atoms with Gasteiger partial charge >= 0.3 is 0 Å². The molecular weight excluding hydrogens is 324 g/mol. The Morgan fingerprint density at radius 1 is 1.05 bits per heavy atom. The highest BCUT2D eigenvalue weighted by molar-refractivity contribution is 6.35. The Bertz CT molecular complexity index is 605. The smallest absolute Gasteiger partial charge is 0.228 e. The molecule has 0 bridgehead atoms. The molecule has 0 saturated carbocycles. The molecule has 0 spiro atoms. The minimum atomic E-state index is -0.464. The predicted octanol–water partition coefficient (Wildman–Crippen LogP) is 4.97. The summed E-state index contributed by atoms with van der Waals surface area (Å²) in [6, 6.07) is 8.65. The topological polar surface area (TPSA) is 29.1 Å². The van der Waals surface area contributed by atoms with Gasteiger partial charge in [-0.05, 0) is 35.9 Å². The van der Waals surface area contributed by atoms with Crippen LogP contribution in [0.1, 0.15) is 5.56 Å². The van der Waals surface area contributed by atoms with E-state index in [2.05, 4.69) is 5.32 Å². The SMILES string of the molecule is O=C(Cc1ccc(Cl)cc1Cl)Nc1ccc(F)cc1Cl. The lowest BCUT2D eigenvalue weighted by molar-refractivity contribution is -0.115. The molecule has 0 fully saturated rings. The summed E-state index contributed by atoms with van der Waals surface area (Å²) in [5.41, 5.74) is 0.995. The van der Waals surface area contributed by atoms with Gasteiger partial charge in [0.1, 0.15) is 5.82 Å². The number of hydrogen-bond donors (Lipinski definition) is 1. The largest absolute Gasteiger partial charge is 0.324 e. The normalized spacial score (nSPS) is 10.4. The van der Waals surface area contributed by atoms with Crippen molar-refractivity contribution in [3.8, 4) is 0 Å². The fraction of sp³-hybridized carbons (Fsp3) is 0.0714. The van der Waals surface area contributed by atoms with Gasteiger partial charge in [-0.15, -0.1) is 0 Å². The fourth-order valence-electron chi connectivity index (χ4n) is 1.62. The summed E-state index contributed by atoms with van der Waals surface area (Å²) < 4.78 is 12.9. The first-order valence-electron chi connectivity index (χ1n) is 5.64. The van der Waals surface area contributed by atoms with Crippen LogP contribution < -0.4 is 5.32 Å². The molecule has 0 unspecified atom stereocenters. The lowest BCUT2D eigenvalue weighted by Crippen LogP contribution is -2.15. The molecule has 0 heterocycles. The Kier molecular flexibility index (Phi) is 4.86. The molecule has 6 heteroatoms. The van der Waals surface area contributed by atoms with Crippen LogP contribution in [0.5, 0.6) is 0 Å². The molecule has 0 aliphatic rings. The van der Waals surface area contributed by atoms with Crippen molar-refractivity contribution >= 4 is 46.4 Å². The molecule has 104 valence electrons. The molecule has 2 aromatic rings. The quantitative estimate of drug-likeness (QED) is 0.845. The summed E-state index contributed by atoms with van der Waals surface area (Å²) in [4.78, 5) is 11.9. The second-order valence-electron chi connectivity index (χ2n) is 4.08. The van der Waals surface area contributed by atoms with E-state index < -0.39 is 5.82 Å². The number of carbonyl (C=O) groups is 1. The van der Waals surface area contributed by atoms with E-state index >= 15 is 0 Å². The molecule has 0 saturated heterocycles. The number of benzene rings is 2. The average molecular weight is 333 g/mol. The van der Waals surface area contributed by atoms with E-state index in [9.17, 15) is 9.18 Å². The summed E-state index contributed by atoms with van der Waals surface area (Å²) in [6.45, 7) is 0. The van der Waals surface area contributed by atoms with Crippen LogP contribution in [0.2, 0.25) is 15.1 Å². The lowest BCUT2D eigenvalue weighted by Gasteiger charge is -2.08. The van der Waals surface area contributed by atoms with E-state index in [1.807, 2.05) is 0 Å². The number of carbonyl (C=O) groups excluding carboxylic acids is 1. The highest BCUT2D eigenvalue weighted by Gasteiger charge is 2.10. The lowest BCUT2D eigenvalue weighted by atomic mass is 10.1. The van der Waals surface area contributed by atoms with Crippen LogP contribution in [0.3, 0.4) is 0 Å². The Balaban J connectivity index is 2.09. The number of halogens is 4. The van der Waals surface area contributed by atoms with Crippen LogP contribution in [0.15, 0.2) is 36.4 Å². The fourth-order valence-corrected chi connectivity index (χ4v) is 2.31. The van der Waals surface area contributed by atoms with Gasteiger partial charge in [0.15, 0.2) is 0 Å². The van der Waals surface area contributed by atoms with Crippen molar-refractivity contribution in [2.75, 3.05) is 5.32 Å². The van der Waals surface area contributed by atoms with E-state index in [1.54, 1.807) is 18.2 Å². The minimum Gasteiger partial charge on any atom is -0.324 e. The first-order chi connectivity index (χ1) is 9.45. The molecule has 2 aromatic carbocycles. The van der Waals surface area contributed by atoms with Gasteiger partial charge in [0, 0.05) is 10.0 Å². The minimum absolute atomic E-state index is 0.0731. The third kappa shape index (κ3) is 3.85. The molecule has 1 N–H and O–H groups in total. The van der Waals surface area contributed by atoms with Crippen LogP contribution in [-0.2, 0) is 11.2 Å². The van der Waals surface area contributed by atoms with Gasteiger partial charge in [-0.2, -0.15) is 0 Å². The highest BCUT2D eigenvalue weighted by Crippen LogP contribution is 2.24. The number of nitrogens with one attached hydrogen (secondary N) is 1. The van der Waals surface area contributed by atoms with E-state index in [-0.39, 0.29) is 17.4 Å². The second kappa shape index (κ2) is 6.44. The molecular formula is C14H9Cl3FNO. The van der Waals surface area contributed by atoms with Crippen molar-refractivity contribution in [1.29, 1.82) is 0 Å². The number of hydrogen-bond acceptors (Lipinski definition) is 1. The maximum absolute atomic E-state index is 12.9. The Labute approximate surface area is 130 Å². The van der Waals surface area contributed by atoms with Crippen molar-refractivity contribution in [3.05, 3.63) is 62.8 Å². The zero-order valence-electron chi connectivity index (χ0n) is 10.1. The first-order valence-corrected chi connectivity index (χ1v) is 6.78. The number of amides is 1. The number of anilines is 1. The van der Waals surface area contributed by atoms with Crippen molar-refractivity contribution in [3.63, 3.8) is 0 Å². The van der Waals surface area contributed by atoms with Crippen molar-refractivity contribution in [2.45, 2.75) is 6.42 Å². The maximum atomic E-state index is 12.9. The van der Waals surface area contributed by atoms with Gasteiger partial charge in [0.05, 0.1) is 17.1 Å². The first kappa shape index (κ1) is 15.1. The Morgan fingerprint density at radius 3 is 2.45 bits per heavy atom. The third-order valence-corrected chi connectivity index (χ3v) is 3.47. The van der Waals surface area contributed by atoms with Crippen molar-refractivity contribution < 1.29 is 9.18 Å². The van der Waals surface area contributed by atoms with Crippen LogP contribution in [-0.4, -0.2) is 5.91 Å². The molecule has 2 rings (SSSR count). The van der Waals surface area contributed by atoms with E-state index in [0.717, 1.165) is 6.07 Å². The van der Waals surface area contributed by atoms with Crippen LogP contribution in [0.4, 0.5) is 10.1 Å². The average Bonchev–Trinajstić information content (AvgIpc) is 2.36. The maximum Gasteiger partial charge on any atom is 0.228 e. The van der Waals surface area contributed by atoms with Gasteiger partial charge in [-0.3, -0.25) is 4.79 Å². The molecule has 0 aliphatic heterocycles. The van der Waals surface area contributed by atoms with Gasteiger partial charge in [-0.1, -0.05) is 40.9 Å². The molecule has 1 amide bonds. The molecule has 2 nitrogen and oxygen atoms in total. The Hall–Kier alpha value is -1.29. The monoisotopic (exact) mass is 331 g/mol. The van der Waals surface area contributed by atoms with Crippen molar-refractivity contribution in [2.24, 2.45) is 0 Å². The Morgan fingerprint density at radius 2 is 1.80 bits per heavy atom. The van der Waals surface area contributed by atoms with Gasteiger partial charge < -0.3 is 5.32 Å². The summed E-state index contributed by atoms with van der Waals surface area (Å²) >= 11 is 17.6. The molecule has 0 atom stereocenters. The predicted molar refractivity (Wildman–Crippen MR) is 80.2 cm³/mol. The molecule has 0 radical (unpaired) electrons. The summed E-state index contributed by atoms with van der Waals surface area (Å²) in [7, 11) is 0. The standard InChI is InChI=1S/C14H9Cl3FNO/c15-9-2-1-8(11(16)6-9)5-14(20)19-13-4-3-10(18)7-12(13)17/h1-4,6-7H,5H2,(H,19,20). The number of rotatable bonds is 3. The molecule has 20 heavy (non-hydrogen) atoms. The van der Waals surface area contributed by atoms with Crippen LogP contribution in [0, 0.1) is 5.82 Å². The second-order valence-corrected chi connectivity index (χ2v) is 5.34. The van der Waals surface area contributed by atoms with Gasteiger partial charge in [0.25, 0.3) is 0 Å². The molecule has 0 aliphatic carbocycles. The van der Waals surface area contributed by atoms with E-state index in [1.165, 1.54) is 12.1 Å². The zero-order chi connectivity index (χ0) is 14.7. The third-order valence-electron chi connectivity index (χ3n) is 2.57. The molecule has 0 aromatic heterocycles. The highest BCUT2D eigenvalue weighted by atomic mass is 35.5. The van der Waals surface area contributed by atoms with E-state index in [0.29, 0.717) is 21.3 Å². The van der Waals surface area contributed by atoms with Crippen molar-refractivity contribution in [1.82, 2.24) is 0 Å².